The van der Waals surface area contributed by atoms with Crippen LogP contribution in [-0.4, -0.2) is 23.9 Å². The zero-order valence-corrected chi connectivity index (χ0v) is 11.6. The summed E-state index contributed by atoms with van der Waals surface area (Å²) < 4.78 is 0. The van der Waals surface area contributed by atoms with E-state index in [1.54, 1.807) is 0 Å². The molecule has 102 valence electrons. The molecule has 0 spiro atoms. The van der Waals surface area contributed by atoms with Gasteiger partial charge in [-0.05, 0) is 37.2 Å². The zero-order valence-electron chi connectivity index (χ0n) is 11.6. The molecule has 0 N–H and O–H groups in total. The van der Waals surface area contributed by atoms with E-state index in [0.29, 0.717) is 11.8 Å². The van der Waals surface area contributed by atoms with Crippen LogP contribution in [0.5, 0.6) is 0 Å². The third-order valence-corrected chi connectivity index (χ3v) is 4.71. The molecule has 0 unspecified atom stereocenters. The van der Waals surface area contributed by atoms with Crippen molar-refractivity contribution in [2.75, 3.05) is 13.1 Å². The lowest BCUT2D eigenvalue weighted by Gasteiger charge is -2.27. The van der Waals surface area contributed by atoms with E-state index in [0.717, 1.165) is 13.1 Å². The number of hydrogen-bond donors (Lipinski definition) is 0. The largest absolute Gasteiger partial charge is 0.342 e. The Morgan fingerprint density at radius 2 is 1.63 bits per heavy atom. The SMILES string of the molecule is O=C([C@H](c1ccccc1)C1CCCC1)N1CCCC1. The van der Waals surface area contributed by atoms with E-state index < -0.39 is 0 Å². The van der Waals surface area contributed by atoms with Crippen LogP contribution < -0.4 is 0 Å². The number of hydrogen-bond acceptors (Lipinski definition) is 1. The fourth-order valence-corrected chi connectivity index (χ4v) is 3.70. The maximum Gasteiger partial charge on any atom is 0.230 e. The highest BCUT2D eigenvalue weighted by Crippen LogP contribution is 2.38. The normalized spacial score (nSPS) is 21.8. The number of carbonyl (C=O) groups is 1. The van der Waals surface area contributed by atoms with Crippen molar-refractivity contribution in [1.82, 2.24) is 4.90 Å². The third kappa shape index (κ3) is 2.68. The second-order valence-electron chi connectivity index (χ2n) is 5.97. The summed E-state index contributed by atoms with van der Waals surface area (Å²) in [5.74, 6) is 1.06. The highest BCUT2D eigenvalue weighted by molar-refractivity contribution is 5.84. The Balaban J connectivity index is 1.85. The summed E-state index contributed by atoms with van der Waals surface area (Å²) in [7, 11) is 0. The Hall–Kier alpha value is -1.31. The van der Waals surface area contributed by atoms with Gasteiger partial charge < -0.3 is 4.90 Å². The van der Waals surface area contributed by atoms with Crippen LogP contribution in [0, 0.1) is 5.92 Å². The van der Waals surface area contributed by atoms with E-state index in [2.05, 4.69) is 29.2 Å². The van der Waals surface area contributed by atoms with Crippen molar-refractivity contribution < 1.29 is 4.79 Å². The van der Waals surface area contributed by atoms with Gasteiger partial charge in [0.15, 0.2) is 0 Å². The van der Waals surface area contributed by atoms with Crippen LogP contribution in [0.25, 0.3) is 0 Å². The molecule has 1 aliphatic carbocycles. The molecule has 1 aromatic carbocycles. The van der Waals surface area contributed by atoms with E-state index in [4.69, 9.17) is 0 Å². The first-order valence-corrected chi connectivity index (χ1v) is 7.70. The molecule has 1 saturated carbocycles. The standard InChI is InChI=1S/C17H23NO/c19-17(18-12-6-7-13-18)16(15-10-4-5-11-15)14-8-2-1-3-9-14/h1-3,8-9,15-16H,4-7,10-13H2/t16-/m1/s1. The summed E-state index contributed by atoms with van der Waals surface area (Å²) in [6.45, 7) is 1.93. The molecule has 0 aromatic heterocycles. The van der Waals surface area contributed by atoms with E-state index in [-0.39, 0.29) is 5.92 Å². The Bertz CT molecular complexity index is 416. The van der Waals surface area contributed by atoms with Crippen LogP contribution in [0.3, 0.4) is 0 Å². The monoisotopic (exact) mass is 257 g/mol. The van der Waals surface area contributed by atoms with Gasteiger partial charge in [0.25, 0.3) is 0 Å². The topological polar surface area (TPSA) is 20.3 Å². The minimum Gasteiger partial charge on any atom is -0.342 e. The quantitative estimate of drug-likeness (QED) is 0.810. The van der Waals surface area contributed by atoms with Crippen LogP contribution >= 0.6 is 0 Å². The Kier molecular flexibility index (Phi) is 3.86. The minimum absolute atomic E-state index is 0.113. The maximum absolute atomic E-state index is 12.9. The lowest BCUT2D eigenvalue weighted by atomic mass is 9.84. The van der Waals surface area contributed by atoms with Crippen LogP contribution in [0.2, 0.25) is 0 Å². The van der Waals surface area contributed by atoms with Crippen molar-refractivity contribution in [3.8, 4) is 0 Å². The van der Waals surface area contributed by atoms with Gasteiger partial charge in [-0.2, -0.15) is 0 Å². The first kappa shape index (κ1) is 12.7. The highest BCUT2D eigenvalue weighted by atomic mass is 16.2. The Morgan fingerprint density at radius 3 is 2.26 bits per heavy atom. The molecule has 0 bridgehead atoms. The van der Waals surface area contributed by atoms with Gasteiger partial charge in [0.1, 0.15) is 0 Å². The van der Waals surface area contributed by atoms with Crippen LogP contribution in [0.15, 0.2) is 30.3 Å². The van der Waals surface area contributed by atoms with Gasteiger partial charge in [0.2, 0.25) is 5.91 Å². The molecule has 1 aromatic rings. The van der Waals surface area contributed by atoms with Gasteiger partial charge >= 0.3 is 0 Å². The first-order chi connectivity index (χ1) is 9.36. The molecular formula is C17H23NO. The second-order valence-corrected chi connectivity index (χ2v) is 5.97. The third-order valence-electron chi connectivity index (χ3n) is 4.71. The summed E-state index contributed by atoms with van der Waals surface area (Å²) in [4.78, 5) is 15.0. The maximum atomic E-state index is 12.9. The summed E-state index contributed by atoms with van der Waals surface area (Å²) in [5, 5.41) is 0. The number of nitrogens with zero attached hydrogens (tertiary/aromatic N) is 1. The molecule has 1 saturated heterocycles. The van der Waals surface area contributed by atoms with Crippen LogP contribution in [0.1, 0.15) is 50.0 Å². The summed E-state index contributed by atoms with van der Waals surface area (Å²) in [6, 6.07) is 10.4. The fourth-order valence-electron chi connectivity index (χ4n) is 3.70. The van der Waals surface area contributed by atoms with Gasteiger partial charge in [0, 0.05) is 13.1 Å². The summed E-state index contributed by atoms with van der Waals surface area (Å²) in [6.07, 6.45) is 7.39. The molecular weight excluding hydrogens is 234 g/mol. The van der Waals surface area contributed by atoms with Crippen molar-refractivity contribution in [3.05, 3.63) is 35.9 Å². The smallest absolute Gasteiger partial charge is 0.230 e. The van der Waals surface area contributed by atoms with E-state index in [9.17, 15) is 4.79 Å². The molecule has 2 heteroatoms. The molecule has 1 atom stereocenters. The minimum atomic E-state index is 0.113. The van der Waals surface area contributed by atoms with Crippen molar-refractivity contribution in [1.29, 1.82) is 0 Å². The van der Waals surface area contributed by atoms with E-state index in [1.165, 1.54) is 44.1 Å². The molecule has 19 heavy (non-hydrogen) atoms. The molecule has 2 nitrogen and oxygen atoms in total. The van der Waals surface area contributed by atoms with Gasteiger partial charge in [-0.15, -0.1) is 0 Å². The number of amides is 1. The van der Waals surface area contributed by atoms with Crippen LogP contribution in [0.4, 0.5) is 0 Å². The fraction of sp³-hybridized carbons (Fsp3) is 0.588. The van der Waals surface area contributed by atoms with Crippen molar-refractivity contribution >= 4 is 5.91 Å². The van der Waals surface area contributed by atoms with Gasteiger partial charge in [0.05, 0.1) is 5.92 Å². The molecule has 2 aliphatic rings. The van der Waals surface area contributed by atoms with E-state index >= 15 is 0 Å². The molecule has 3 rings (SSSR count). The predicted octanol–water partition coefficient (Wildman–Crippen LogP) is 3.58. The molecule has 1 amide bonds. The number of carbonyl (C=O) groups excluding carboxylic acids is 1. The van der Waals surface area contributed by atoms with Gasteiger partial charge in [-0.25, -0.2) is 0 Å². The lowest BCUT2D eigenvalue weighted by Crippen LogP contribution is -2.35. The Labute approximate surface area is 115 Å². The van der Waals surface area contributed by atoms with Crippen molar-refractivity contribution in [3.63, 3.8) is 0 Å². The summed E-state index contributed by atoms with van der Waals surface area (Å²) >= 11 is 0. The molecule has 1 aliphatic heterocycles. The first-order valence-electron chi connectivity index (χ1n) is 7.70. The number of benzene rings is 1. The summed E-state index contributed by atoms with van der Waals surface area (Å²) in [5.41, 5.74) is 1.23. The number of rotatable bonds is 3. The predicted molar refractivity (Wildman–Crippen MR) is 77.0 cm³/mol. The zero-order chi connectivity index (χ0) is 13.1. The number of likely N-dealkylation sites (tertiary alicyclic amines) is 1. The average molecular weight is 257 g/mol. The second kappa shape index (κ2) is 5.77. The molecule has 0 radical (unpaired) electrons. The van der Waals surface area contributed by atoms with Gasteiger partial charge in [-0.1, -0.05) is 43.2 Å². The Morgan fingerprint density at radius 1 is 1.00 bits per heavy atom. The average Bonchev–Trinajstić information content (AvgIpc) is 3.13. The van der Waals surface area contributed by atoms with Crippen molar-refractivity contribution in [2.24, 2.45) is 5.92 Å². The molecule has 2 fully saturated rings. The van der Waals surface area contributed by atoms with Crippen LogP contribution in [-0.2, 0) is 4.79 Å². The molecule has 1 heterocycles. The van der Waals surface area contributed by atoms with Crippen molar-refractivity contribution in [2.45, 2.75) is 44.4 Å². The van der Waals surface area contributed by atoms with Gasteiger partial charge in [-0.3, -0.25) is 4.79 Å². The van der Waals surface area contributed by atoms with E-state index in [1.807, 2.05) is 6.07 Å². The lowest BCUT2D eigenvalue weighted by molar-refractivity contribution is -0.133. The highest BCUT2D eigenvalue weighted by Gasteiger charge is 2.35.